The van der Waals surface area contributed by atoms with Gasteiger partial charge in [-0.2, -0.15) is 5.10 Å². The number of nitrogens with zero attached hydrogens (tertiary/aromatic N) is 5. The molecule has 118 valence electrons. The maximum Gasteiger partial charge on any atom is 0.187 e. The van der Waals surface area contributed by atoms with E-state index >= 15 is 0 Å². The molecular formula is C15H14BrFN6. The smallest absolute Gasteiger partial charge is 0.187 e. The molecule has 1 fully saturated rings. The lowest BCUT2D eigenvalue weighted by Gasteiger charge is -2.36. The summed E-state index contributed by atoms with van der Waals surface area (Å²) in [5.41, 5.74) is 1.70. The topological polar surface area (TPSA) is 60.9 Å². The third-order valence-electron chi connectivity index (χ3n) is 4.06. The van der Waals surface area contributed by atoms with Crippen LogP contribution in [-0.4, -0.2) is 46.3 Å². The van der Waals surface area contributed by atoms with Crippen molar-refractivity contribution in [3.8, 4) is 0 Å². The molecule has 0 saturated carbocycles. The van der Waals surface area contributed by atoms with Crippen molar-refractivity contribution < 1.29 is 4.39 Å². The van der Waals surface area contributed by atoms with E-state index in [1.807, 2.05) is 12.1 Å². The molecule has 1 N–H and O–H groups in total. The second-order valence-corrected chi connectivity index (χ2v) is 6.18. The predicted molar refractivity (Wildman–Crippen MR) is 90.2 cm³/mol. The van der Waals surface area contributed by atoms with Gasteiger partial charge >= 0.3 is 0 Å². The molecule has 8 heteroatoms. The van der Waals surface area contributed by atoms with Crippen LogP contribution in [0, 0.1) is 5.82 Å². The normalized spacial score (nSPS) is 15.4. The lowest BCUT2D eigenvalue weighted by atomic mass is 10.2. The average Bonchev–Trinajstić information content (AvgIpc) is 2.97. The molecule has 0 atom stereocenters. The summed E-state index contributed by atoms with van der Waals surface area (Å²) in [5, 5.41) is 7.94. The molecule has 0 amide bonds. The fraction of sp³-hybridized carbons (Fsp3) is 0.267. The van der Waals surface area contributed by atoms with E-state index in [4.69, 9.17) is 0 Å². The highest BCUT2D eigenvalue weighted by atomic mass is 79.9. The van der Waals surface area contributed by atoms with Crippen LogP contribution in [0.15, 0.2) is 35.2 Å². The molecule has 0 radical (unpaired) electrons. The van der Waals surface area contributed by atoms with Crippen LogP contribution in [0.3, 0.4) is 0 Å². The van der Waals surface area contributed by atoms with Crippen molar-refractivity contribution in [1.29, 1.82) is 0 Å². The van der Waals surface area contributed by atoms with Gasteiger partial charge in [0.05, 0.1) is 5.39 Å². The number of aromatic amines is 1. The summed E-state index contributed by atoms with van der Waals surface area (Å²) in [6.45, 7) is 3.38. The van der Waals surface area contributed by atoms with Gasteiger partial charge in [-0.3, -0.25) is 5.10 Å². The first-order valence-corrected chi connectivity index (χ1v) is 8.12. The number of nitrogens with one attached hydrogen (secondary N) is 1. The molecule has 1 aliphatic rings. The Bertz CT molecular complexity index is 826. The number of benzene rings is 1. The van der Waals surface area contributed by atoms with Gasteiger partial charge in [-0.15, -0.1) is 0 Å². The lowest BCUT2D eigenvalue weighted by Crippen LogP contribution is -2.46. The van der Waals surface area contributed by atoms with Crippen molar-refractivity contribution in [1.82, 2.24) is 20.2 Å². The van der Waals surface area contributed by atoms with E-state index in [1.54, 1.807) is 0 Å². The monoisotopic (exact) mass is 376 g/mol. The molecule has 1 aromatic carbocycles. The standard InChI is InChI=1S/C15H14BrFN6/c16-13-12-14(21-20-13)18-9-19-15(12)23-7-5-22(6-8-23)11-3-1-10(17)2-4-11/h1-4,9H,5-8H2,(H,18,19,20,21). The molecule has 0 spiro atoms. The Morgan fingerprint density at radius 1 is 1.00 bits per heavy atom. The third-order valence-corrected chi connectivity index (χ3v) is 4.63. The van der Waals surface area contributed by atoms with Crippen molar-refractivity contribution in [2.24, 2.45) is 0 Å². The van der Waals surface area contributed by atoms with Crippen molar-refractivity contribution in [2.75, 3.05) is 36.0 Å². The molecule has 3 aromatic rings. The van der Waals surface area contributed by atoms with Gasteiger partial charge in [-0.05, 0) is 40.2 Å². The molecule has 23 heavy (non-hydrogen) atoms. The first kappa shape index (κ1) is 14.4. The van der Waals surface area contributed by atoms with Crippen LogP contribution in [-0.2, 0) is 0 Å². The number of piperazine rings is 1. The van der Waals surface area contributed by atoms with Crippen molar-refractivity contribution in [2.45, 2.75) is 0 Å². The zero-order valence-electron chi connectivity index (χ0n) is 12.2. The number of halogens is 2. The second kappa shape index (κ2) is 5.77. The van der Waals surface area contributed by atoms with Crippen molar-refractivity contribution >= 4 is 38.5 Å². The minimum Gasteiger partial charge on any atom is -0.368 e. The molecule has 3 heterocycles. The van der Waals surface area contributed by atoms with Crippen LogP contribution in [0.25, 0.3) is 11.0 Å². The van der Waals surface area contributed by atoms with E-state index in [0.29, 0.717) is 5.65 Å². The number of aromatic nitrogens is 4. The molecule has 0 aliphatic carbocycles. The molecule has 6 nitrogen and oxygen atoms in total. The number of anilines is 2. The summed E-state index contributed by atoms with van der Waals surface area (Å²) in [5.74, 6) is 0.676. The summed E-state index contributed by atoms with van der Waals surface area (Å²) in [6, 6.07) is 6.64. The van der Waals surface area contributed by atoms with E-state index in [-0.39, 0.29) is 5.82 Å². The quantitative estimate of drug-likeness (QED) is 0.744. The Morgan fingerprint density at radius 2 is 1.70 bits per heavy atom. The Balaban J connectivity index is 1.55. The van der Waals surface area contributed by atoms with Gasteiger partial charge in [0.2, 0.25) is 0 Å². The van der Waals surface area contributed by atoms with Crippen LogP contribution in [0.2, 0.25) is 0 Å². The number of hydrogen-bond acceptors (Lipinski definition) is 5. The summed E-state index contributed by atoms with van der Waals surface area (Å²) in [7, 11) is 0. The molecule has 0 unspecified atom stereocenters. The van der Waals surface area contributed by atoms with Crippen LogP contribution < -0.4 is 9.80 Å². The summed E-state index contributed by atoms with van der Waals surface area (Å²) in [4.78, 5) is 13.1. The zero-order chi connectivity index (χ0) is 15.8. The van der Waals surface area contributed by atoms with Crippen molar-refractivity contribution in [3.63, 3.8) is 0 Å². The van der Waals surface area contributed by atoms with Gasteiger partial charge in [-0.1, -0.05) is 0 Å². The predicted octanol–water partition coefficient (Wildman–Crippen LogP) is 2.58. The maximum absolute atomic E-state index is 13.0. The summed E-state index contributed by atoms with van der Waals surface area (Å²) < 4.78 is 13.8. The van der Waals surface area contributed by atoms with Crippen LogP contribution in [0.4, 0.5) is 15.9 Å². The fourth-order valence-electron chi connectivity index (χ4n) is 2.87. The Morgan fingerprint density at radius 3 is 2.43 bits per heavy atom. The molecule has 1 aliphatic heterocycles. The van der Waals surface area contributed by atoms with Gasteiger partial charge in [0, 0.05) is 31.9 Å². The van der Waals surface area contributed by atoms with E-state index < -0.39 is 0 Å². The highest BCUT2D eigenvalue weighted by Crippen LogP contribution is 2.29. The van der Waals surface area contributed by atoms with E-state index in [1.165, 1.54) is 18.5 Å². The molecule has 1 saturated heterocycles. The van der Waals surface area contributed by atoms with Gasteiger partial charge in [0.1, 0.15) is 22.6 Å². The highest BCUT2D eigenvalue weighted by Gasteiger charge is 2.22. The Hall–Kier alpha value is -2.22. The van der Waals surface area contributed by atoms with Crippen LogP contribution in [0.5, 0.6) is 0 Å². The lowest BCUT2D eigenvalue weighted by molar-refractivity contribution is 0.624. The van der Waals surface area contributed by atoms with Gasteiger partial charge in [-0.25, -0.2) is 14.4 Å². The highest BCUT2D eigenvalue weighted by molar-refractivity contribution is 9.10. The van der Waals surface area contributed by atoms with Crippen molar-refractivity contribution in [3.05, 3.63) is 41.0 Å². The largest absolute Gasteiger partial charge is 0.368 e. The number of rotatable bonds is 2. The van der Waals surface area contributed by atoms with Gasteiger partial charge < -0.3 is 9.80 Å². The van der Waals surface area contributed by atoms with Gasteiger partial charge in [0.15, 0.2) is 5.65 Å². The van der Waals surface area contributed by atoms with E-state index in [2.05, 4.69) is 45.9 Å². The third kappa shape index (κ3) is 2.63. The van der Waals surface area contributed by atoms with E-state index in [0.717, 1.165) is 47.7 Å². The molecular weight excluding hydrogens is 363 g/mol. The number of fused-ring (bicyclic) bond motifs is 1. The SMILES string of the molecule is Fc1ccc(N2CCN(c3ncnc4n[nH]c(Br)c34)CC2)cc1. The first-order valence-electron chi connectivity index (χ1n) is 7.32. The fourth-order valence-corrected chi connectivity index (χ4v) is 3.32. The minimum absolute atomic E-state index is 0.208. The molecule has 0 bridgehead atoms. The zero-order valence-corrected chi connectivity index (χ0v) is 13.8. The first-order chi connectivity index (χ1) is 11.2. The summed E-state index contributed by atoms with van der Waals surface area (Å²) >= 11 is 3.47. The van der Waals surface area contributed by atoms with Crippen LogP contribution in [0.1, 0.15) is 0 Å². The Kier molecular flexibility index (Phi) is 3.60. The number of H-pyrrole nitrogens is 1. The summed E-state index contributed by atoms with van der Waals surface area (Å²) in [6.07, 6.45) is 1.54. The van der Waals surface area contributed by atoms with Gasteiger partial charge in [0.25, 0.3) is 0 Å². The maximum atomic E-state index is 13.0. The Labute approximate surface area is 140 Å². The number of hydrogen-bond donors (Lipinski definition) is 1. The molecule has 2 aromatic heterocycles. The molecule has 4 rings (SSSR count). The minimum atomic E-state index is -0.208. The van der Waals surface area contributed by atoms with Crippen LogP contribution >= 0.6 is 15.9 Å². The second-order valence-electron chi connectivity index (χ2n) is 5.38. The van der Waals surface area contributed by atoms with E-state index in [9.17, 15) is 4.39 Å². The average molecular weight is 377 g/mol.